The Kier molecular flexibility index (Phi) is 3.97. The van der Waals surface area contributed by atoms with Crippen LogP contribution in [0.1, 0.15) is 30.2 Å². The molecule has 5 rings (SSSR count). The molecule has 0 spiro atoms. The maximum absolute atomic E-state index is 12.1. The molecule has 1 saturated heterocycles. The number of nitrogens with zero attached hydrogens (tertiary/aromatic N) is 1. The lowest BCUT2D eigenvalue weighted by atomic mass is 9.58. The van der Waals surface area contributed by atoms with E-state index in [-0.39, 0.29) is 11.3 Å². The van der Waals surface area contributed by atoms with Crippen molar-refractivity contribution in [2.75, 3.05) is 20.2 Å². The highest BCUT2D eigenvalue weighted by Crippen LogP contribution is 2.49. The largest absolute Gasteiger partial charge is 0.497 e. The van der Waals surface area contributed by atoms with Crippen LogP contribution < -0.4 is 4.74 Å². The molecular weight excluding hydrogens is 348 g/mol. The summed E-state index contributed by atoms with van der Waals surface area (Å²) in [6.07, 6.45) is 2.97. The molecule has 2 heterocycles. The third kappa shape index (κ3) is 2.55. The minimum atomic E-state index is 0.0361. The molecule has 1 aromatic heterocycles. The van der Waals surface area contributed by atoms with Gasteiger partial charge in [0.1, 0.15) is 5.75 Å². The monoisotopic (exact) mass is 374 g/mol. The van der Waals surface area contributed by atoms with Crippen LogP contribution in [0.5, 0.6) is 5.75 Å². The minimum Gasteiger partial charge on any atom is -0.497 e. The lowest BCUT2D eigenvalue weighted by molar-refractivity contribution is -0.132. The Morgan fingerprint density at radius 1 is 1.21 bits per heavy atom. The maximum atomic E-state index is 12.1. The van der Waals surface area contributed by atoms with Gasteiger partial charge in [0, 0.05) is 42.0 Å². The predicted octanol–water partition coefficient (Wildman–Crippen LogP) is 4.08. The number of nitrogens with one attached hydrogen (secondary N) is 1. The molecule has 1 aliphatic carbocycles. The Hall–Kier alpha value is -2.75. The highest BCUT2D eigenvalue weighted by molar-refractivity contribution is 5.85. The van der Waals surface area contributed by atoms with E-state index in [1.54, 1.807) is 14.0 Å². The fourth-order valence-electron chi connectivity index (χ4n) is 5.47. The van der Waals surface area contributed by atoms with Gasteiger partial charge in [-0.2, -0.15) is 0 Å². The molecule has 2 aromatic carbocycles. The molecule has 1 amide bonds. The Balaban J connectivity index is 1.65. The van der Waals surface area contributed by atoms with Gasteiger partial charge in [0.2, 0.25) is 5.91 Å². The van der Waals surface area contributed by atoms with Gasteiger partial charge in [0.25, 0.3) is 0 Å². The minimum absolute atomic E-state index is 0.0361. The molecular formula is C24H26N2O2. The number of carbonyl (C=O) groups excluding carboxylic acids is 1. The number of aromatic amines is 1. The number of ether oxygens (including phenoxy) is 1. The lowest BCUT2D eigenvalue weighted by Gasteiger charge is -2.51. The molecule has 0 saturated carbocycles. The third-order valence-electron chi connectivity index (χ3n) is 6.98. The van der Waals surface area contributed by atoms with Gasteiger partial charge in [-0.3, -0.25) is 4.79 Å². The van der Waals surface area contributed by atoms with Crippen molar-refractivity contribution >= 4 is 16.8 Å². The molecule has 4 nitrogen and oxygen atoms in total. The summed E-state index contributed by atoms with van der Waals surface area (Å²) in [7, 11) is 1.73. The van der Waals surface area contributed by atoms with Crippen LogP contribution in [0.3, 0.4) is 0 Å². The Morgan fingerprint density at radius 3 is 2.89 bits per heavy atom. The number of para-hydroxylation sites is 1. The van der Waals surface area contributed by atoms with Crippen LogP contribution in [-0.2, 0) is 23.1 Å². The van der Waals surface area contributed by atoms with Gasteiger partial charge in [-0.15, -0.1) is 0 Å². The van der Waals surface area contributed by atoms with Crippen molar-refractivity contribution in [1.82, 2.24) is 9.88 Å². The van der Waals surface area contributed by atoms with Crippen molar-refractivity contribution in [3.8, 4) is 5.75 Å². The SMILES string of the molecule is COc1cccc(C23CCN(C(C)=O)CC2Cc2c([nH]c4ccccc24)C3)c1. The van der Waals surface area contributed by atoms with Crippen LogP contribution in [0.15, 0.2) is 48.5 Å². The van der Waals surface area contributed by atoms with Crippen LogP contribution in [0.4, 0.5) is 0 Å². The molecule has 28 heavy (non-hydrogen) atoms. The van der Waals surface area contributed by atoms with Crippen molar-refractivity contribution in [2.45, 2.75) is 31.6 Å². The highest BCUT2D eigenvalue weighted by atomic mass is 16.5. The molecule has 2 unspecified atom stereocenters. The summed E-state index contributed by atoms with van der Waals surface area (Å²) in [6.45, 7) is 3.34. The number of piperidine rings is 1. The van der Waals surface area contributed by atoms with E-state index in [1.165, 1.54) is 27.7 Å². The van der Waals surface area contributed by atoms with Crippen LogP contribution in [0, 0.1) is 5.92 Å². The van der Waals surface area contributed by atoms with Crippen LogP contribution in [0.2, 0.25) is 0 Å². The van der Waals surface area contributed by atoms with E-state index in [0.29, 0.717) is 5.92 Å². The summed E-state index contributed by atoms with van der Waals surface area (Å²) in [4.78, 5) is 17.8. The van der Waals surface area contributed by atoms with E-state index < -0.39 is 0 Å². The van der Waals surface area contributed by atoms with E-state index in [9.17, 15) is 4.79 Å². The molecule has 3 aromatic rings. The van der Waals surface area contributed by atoms with E-state index >= 15 is 0 Å². The van der Waals surface area contributed by atoms with Crippen molar-refractivity contribution in [3.05, 3.63) is 65.4 Å². The van der Waals surface area contributed by atoms with Gasteiger partial charge in [-0.1, -0.05) is 30.3 Å². The molecule has 2 aliphatic rings. The molecule has 4 heteroatoms. The first kappa shape index (κ1) is 17.4. The Labute approximate surface area is 165 Å². The number of hydrogen-bond acceptors (Lipinski definition) is 2. The zero-order valence-electron chi connectivity index (χ0n) is 16.5. The summed E-state index contributed by atoms with van der Waals surface area (Å²) in [5, 5.41) is 1.33. The molecule has 1 N–H and O–H groups in total. The Bertz CT molecular complexity index is 1050. The van der Waals surface area contributed by atoms with Crippen molar-refractivity contribution in [1.29, 1.82) is 0 Å². The quantitative estimate of drug-likeness (QED) is 0.735. The number of aromatic nitrogens is 1. The number of hydrogen-bond donors (Lipinski definition) is 1. The van der Waals surface area contributed by atoms with Crippen molar-refractivity contribution < 1.29 is 9.53 Å². The topological polar surface area (TPSA) is 45.3 Å². The number of likely N-dealkylation sites (tertiary alicyclic amines) is 1. The fourth-order valence-corrected chi connectivity index (χ4v) is 5.47. The van der Waals surface area contributed by atoms with Gasteiger partial charge in [-0.25, -0.2) is 0 Å². The average Bonchev–Trinajstić information content (AvgIpc) is 3.08. The summed E-state index contributed by atoms with van der Waals surface area (Å²) >= 11 is 0. The fraction of sp³-hybridized carbons (Fsp3) is 0.375. The first-order chi connectivity index (χ1) is 13.6. The van der Waals surface area contributed by atoms with Gasteiger partial charge in [0.05, 0.1) is 7.11 Å². The average molecular weight is 374 g/mol. The number of fused-ring (bicyclic) bond motifs is 4. The molecule has 1 aliphatic heterocycles. The first-order valence-corrected chi connectivity index (χ1v) is 10.1. The summed E-state index contributed by atoms with van der Waals surface area (Å²) < 4.78 is 5.53. The van der Waals surface area contributed by atoms with E-state index in [1.807, 2.05) is 11.0 Å². The third-order valence-corrected chi connectivity index (χ3v) is 6.98. The lowest BCUT2D eigenvalue weighted by Crippen LogP contribution is -2.54. The summed E-state index contributed by atoms with van der Waals surface area (Å²) in [5.41, 5.74) is 5.38. The van der Waals surface area contributed by atoms with Crippen LogP contribution in [-0.4, -0.2) is 36.0 Å². The molecule has 0 radical (unpaired) electrons. The second kappa shape index (κ2) is 6.40. The molecule has 2 atom stereocenters. The number of amides is 1. The van der Waals surface area contributed by atoms with Crippen LogP contribution >= 0.6 is 0 Å². The van der Waals surface area contributed by atoms with E-state index in [2.05, 4.69) is 47.4 Å². The second-order valence-electron chi connectivity index (χ2n) is 8.31. The van der Waals surface area contributed by atoms with Gasteiger partial charge in [0.15, 0.2) is 0 Å². The van der Waals surface area contributed by atoms with Gasteiger partial charge >= 0.3 is 0 Å². The predicted molar refractivity (Wildman–Crippen MR) is 111 cm³/mol. The zero-order chi connectivity index (χ0) is 19.3. The van der Waals surface area contributed by atoms with Crippen molar-refractivity contribution in [3.63, 3.8) is 0 Å². The summed E-state index contributed by atoms with van der Waals surface area (Å²) in [5.74, 6) is 1.50. The van der Waals surface area contributed by atoms with Gasteiger partial charge < -0.3 is 14.6 Å². The number of carbonyl (C=O) groups is 1. The van der Waals surface area contributed by atoms with Crippen molar-refractivity contribution in [2.24, 2.45) is 5.92 Å². The number of methoxy groups -OCH3 is 1. The molecule has 1 fully saturated rings. The normalized spacial score (nSPS) is 23.9. The number of benzene rings is 2. The molecule has 0 bridgehead atoms. The summed E-state index contributed by atoms with van der Waals surface area (Å²) in [6, 6.07) is 17.1. The number of H-pyrrole nitrogens is 1. The molecule has 144 valence electrons. The first-order valence-electron chi connectivity index (χ1n) is 10.1. The van der Waals surface area contributed by atoms with E-state index in [4.69, 9.17) is 4.74 Å². The Morgan fingerprint density at radius 2 is 2.07 bits per heavy atom. The van der Waals surface area contributed by atoms with Gasteiger partial charge in [-0.05, 0) is 54.5 Å². The second-order valence-corrected chi connectivity index (χ2v) is 8.31. The van der Waals surface area contributed by atoms with E-state index in [0.717, 1.165) is 38.1 Å². The zero-order valence-corrected chi connectivity index (χ0v) is 16.5. The number of rotatable bonds is 2. The van der Waals surface area contributed by atoms with Crippen LogP contribution in [0.25, 0.3) is 10.9 Å². The highest BCUT2D eigenvalue weighted by Gasteiger charge is 2.48. The maximum Gasteiger partial charge on any atom is 0.219 e. The standard InChI is InChI=1S/C24H26N2O2/c1-16(27)26-11-10-24(17-6-5-7-19(12-17)28-2)14-23-21(13-18(24)15-26)20-8-3-4-9-22(20)25-23/h3-9,12,18,25H,10-11,13-15H2,1-2H3. The smallest absolute Gasteiger partial charge is 0.219 e.